The van der Waals surface area contributed by atoms with Gasteiger partial charge >= 0.3 is 0 Å². The number of methoxy groups -OCH3 is 1. The SMILES string of the molecule is COc1ccc(Cl)cc1N1CCN(C(=O)c2cc(C)nn2-c2cccc(C)c2)CC1. The van der Waals surface area contributed by atoms with Gasteiger partial charge in [0, 0.05) is 31.2 Å². The minimum Gasteiger partial charge on any atom is -0.495 e. The fourth-order valence-corrected chi connectivity index (χ4v) is 4.00. The topological polar surface area (TPSA) is 50.6 Å². The molecule has 1 saturated heterocycles. The molecule has 156 valence electrons. The van der Waals surface area contributed by atoms with Crippen molar-refractivity contribution < 1.29 is 9.53 Å². The Morgan fingerprint density at radius 1 is 1.03 bits per heavy atom. The van der Waals surface area contributed by atoms with E-state index in [1.165, 1.54) is 0 Å². The first-order valence-electron chi connectivity index (χ1n) is 9.98. The summed E-state index contributed by atoms with van der Waals surface area (Å²) in [7, 11) is 1.65. The summed E-state index contributed by atoms with van der Waals surface area (Å²) in [6.45, 7) is 6.59. The van der Waals surface area contributed by atoms with Crippen LogP contribution in [0.4, 0.5) is 5.69 Å². The molecule has 1 aliphatic rings. The van der Waals surface area contributed by atoms with Crippen molar-refractivity contribution in [1.82, 2.24) is 14.7 Å². The predicted molar refractivity (Wildman–Crippen MR) is 119 cm³/mol. The third-order valence-electron chi connectivity index (χ3n) is 5.35. The van der Waals surface area contributed by atoms with Gasteiger partial charge in [-0.3, -0.25) is 4.79 Å². The molecule has 2 aromatic carbocycles. The molecule has 30 heavy (non-hydrogen) atoms. The number of halogens is 1. The molecule has 4 rings (SSSR count). The van der Waals surface area contributed by atoms with Gasteiger partial charge in [0.2, 0.25) is 0 Å². The van der Waals surface area contributed by atoms with E-state index in [4.69, 9.17) is 16.3 Å². The Hall–Kier alpha value is -2.99. The van der Waals surface area contributed by atoms with Gasteiger partial charge in [-0.15, -0.1) is 0 Å². The maximum atomic E-state index is 13.3. The Labute approximate surface area is 181 Å². The first-order valence-corrected chi connectivity index (χ1v) is 10.4. The van der Waals surface area contributed by atoms with Crippen molar-refractivity contribution >= 4 is 23.2 Å². The Morgan fingerprint density at radius 3 is 2.50 bits per heavy atom. The summed E-state index contributed by atoms with van der Waals surface area (Å²) < 4.78 is 7.23. The van der Waals surface area contributed by atoms with Crippen LogP contribution in [0.25, 0.3) is 5.69 Å². The van der Waals surface area contributed by atoms with E-state index >= 15 is 0 Å². The summed E-state index contributed by atoms with van der Waals surface area (Å²) in [6, 6.07) is 15.5. The van der Waals surface area contributed by atoms with E-state index in [0.29, 0.717) is 36.9 Å². The molecule has 0 bridgehead atoms. The number of aromatic nitrogens is 2. The smallest absolute Gasteiger partial charge is 0.272 e. The van der Waals surface area contributed by atoms with Gasteiger partial charge in [0.1, 0.15) is 11.4 Å². The fraction of sp³-hybridized carbons (Fsp3) is 0.304. The summed E-state index contributed by atoms with van der Waals surface area (Å²) in [4.78, 5) is 17.4. The number of rotatable bonds is 4. The molecule has 3 aromatic rings. The van der Waals surface area contributed by atoms with E-state index in [1.54, 1.807) is 11.8 Å². The van der Waals surface area contributed by atoms with E-state index in [0.717, 1.165) is 28.4 Å². The zero-order valence-corrected chi connectivity index (χ0v) is 18.2. The maximum absolute atomic E-state index is 13.3. The average molecular weight is 425 g/mol. The largest absolute Gasteiger partial charge is 0.495 e. The van der Waals surface area contributed by atoms with Crippen LogP contribution in [0.3, 0.4) is 0 Å². The van der Waals surface area contributed by atoms with Crippen molar-refractivity contribution in [2.24, 2.45) is 0 Å². The van der Waals surface area contributed by atoms with E-state index in [9.17, 15) is 4.79 Å². The van der Waals surface area contributed by atoms with Gasteiger partial charge in [0.25, 0.3) is 5.91 Å². The van der Waals surface area contributed by atoms with Crippen LogP contribution in [0.15, 0.2) is 48.5 Å². The van der Waals surface area contributed by atoms with Gasteiger partial charge in [-0.2, -0.15) is 5.10 Å². The molecule has 0 spiro atoms. The Kier molecular flexibility index (Phi) is 5.68. The monoisotopic (exact) mass is 424 g/mol. The molecule has 1 amide bonds. The second kappa shape index (κ2) is 8.40. The molecular formula is C23H25ClN4O2. The number of carbonyl (C=O) groups excluding carboxylic acids is 1. The molecule has 0 saturated carbocycles. The van der Waals surface area contributed by atoms with Crippen molar-refractivity contribution in [2.75, 3.05) is 38.2 Å². The van der Waals surface area contributed by atoms with Crippen molar-refractivity contribution in [3.8, 4) is 11.4 Å². The van der Waals surface area contributed by atoms with Crippen molar-refractivity contribution in [1.29, 1.82) is 0 Å². The molecule has 7 heteroatoms. The Bertz CT molecular complexity index is 1070. The standard InChI is InChI=1S/C23H25ClN4O2/c1-16-5-4-6-19(13-16)28-21(14-17(2)25-28)23(29)27-11-9-26(10-12-27)20-15-18(24)7-8-22(20)30-3/h4-8,13-15H,9-12H2,1-3H3. The van der Waals surface area contributed by atoms with Crippen LogP contribution < -0.4 is 9.64 Å². The van der Waals surface area contributed by atoms with Crippen LogP contribution in [0.2, 0.25) is 5.02 Å². The number of carbonyl (C=O) groups is 1. The van der Waals surface area contributed by atoms with Crippen molar-refractivity contribution in [2.45, 2.75) is 13.8 Å². The number of aryl methyl sites for hydroxylation is 2. The molecule has 6 nitrogen and oxygen atoms in total. The third kappa shape index (κ3) is 4.00. The van der Waals surface area contributed by atoms with E-state index in [-0.39, 0.29) is 5.91 Å². The lowest BCUT2D eigenvalue weighted by Gasteiger charge is -2.36. The zero-order valence-electron chi connectivity index (χ0n) is 17.4. The van der Waals surface area contributed by atoms with Crippen LogP contribution >= 0.6 is 11.6 Å². The number of amides is 1. The second-order valence-corrected chi connectivity index (χ2v) is 7.95. The molecule has 0 unspecified atom stereocenters. The summed E-state index contributed by atoms with van der Waals surface area (Å²) >= 11 is 6.18. The molecule has 1 aromatic heterocycles. The summed E-state index contributed by atoms with van der Waals surface area (Å²) in [6.07, 6.45) is 0. The van der Waals surface area contributed by atoms with E-state index in [1.807, 2.05) is 67.3 Å². The Morgan fingerprint density at radius 2 is 1.80 bits per heavy atom. The van der Waals surface area contributed by atoms with Gasteiger partial charge in [-0.05, 0) is 55.8 Å². The molecule has 1 fully saturated rings. The Balaban J connectivity index is 1.53. The quantitative estimate of drug-likeness (QED) is 0.632. The van der Waals surface area contributed by atoms with E-state index in [2.05, 4.69) is 10.00 Å². The molecule has 2 heterocycles. The highest BCUT2D eigenvalue weighted by atomic mass is 35.5. The lowest BCUT2D eigenvalue weighted by molar-refractivity contribution is 0.0737. The van der Waals surface area contributed by atoms with Gasteiger partial charge in [0.05, 0.1) is 24.2 Å². The molecule has 0 N–H and O–H groups in total. The number of anilines is 1. The maximum Gasteiger partial charge on any atom is 0.272 e. The normalized spacial score (nSPS) is 14.1. The van der Waals surface area contributed by atoms with Crippen LogP contribution in [-0.2, 0) is 0 Å². The number of hydrogen-bond donors (Lipinski definition) is 0. The van der Waals surface area contributed by atoms with Crippen LogP contribution in [-0.4, -0.2) is 53.9 Å². The molecule has 1 aliphatic heterocycles. The molecule has 0 aliphatic carbocycles. The van der Waals surface area contributed by atoms with Crippen LogP contribution in [0.5, 0.6) is 5.75 Å². The van der Waals surface area contributed by atoms with Crippen molar-refractivity contribution in [3.05, 3.63) is 70.5 Å². The number of hydrogen-bond acceptors (Lipinski definition) is 4. The van der Waals surface area contributed by atoms with Crippen LogP contribution in [0, 0.1) is 13.8 Å². The van der Waals surface area contributed by atoms with Gasteiger partial charge in [0.15, 0.2) is 0 Å². The fourth-order valence-electron chi connectivity index (χ4n) is 3.83. The predicted octanol–water partition coefficient (Wildman–Crippen LogP) is 4.11. The molecular weight excluding hydrogens is 400 g/mol. The van der Waals surface area contributed by atoms with Gasteiger partial charge < -0.3 is 14.5 Å². The first-order chi connectivity index (χ1) is 14.5. The second-order valence-electron chi connectivity index (χ2n) is 7.52. The summed E-state index contributed by atoms with van der Waals surface area (Å²) in [5.41, 5.74) is 4.39. The first kappa shape index (κ1) is 20.3. The number of nitrogens with zero attached hydrogens (tertiary/aromatic N) is 4. The lowest BCUT2D eigenvalue weighted by Crippen LogP contribution is -2.49. The zero-order chi connectivity index (χ0) is 21.3. The highest BCUT2D eigenvalue weighted by Gasteiger charge is 2.26. The number of piperazine rings is 1. The van der Waals surface area contributed by atoms with Gasteiger partial charge in [-0.1, -0.05) is 23.7 Å². The number of benzene rings is 2. The minimum absolute atomic E-state index is 0.00480. The highest BCUT2D eigenvalue weighted by molar-refractivity contribution is 6.30. The summed E-state index contributed by atoms with van der Waals surface area (Å²) in [5, 5.41) is 5.23. The lowest BCUT2D eigenvalue weighted by atomic mass is 10.2. The molecule has 0 radical (unpaired) electrons. The minimum atomic E-state index is -0.00480. The average Bonchev–Trinajstić information content (AvgIpc) is 3.15. The van der Waals surface area contributed by atoms with Crippen LogP contribution in [0.1, 0.15) is 21.7 Å². The third-order valence-corrected chi connectivity index (χ3v) is 5.58. The van der Waals surface area contributed by atoms with Crippen molar-refractivity contribution in [3.63, 3.8) is 0 Å². The van der Waals surface area contributed by atoms with E-state index < -0.39 is 0 Å². The summed E-state index contributed by atoms with van der Waals surface area (Å²) in [5.74, 6) is 0.780. The highest BCUT2D eigenvalue weighted by Crippen LogP contribution is 2.32. The number of ether oxygens (including phenoxy) is 1. The van der Waals surface area contributed by atoms with Gasteiger partial charge in [-0.25, -0.2) is 4.68 Å². The molecule has 0 atom stereocenters.